The van der Waals surface area contributed by atoms with E-state index in [0.29, 0.717) is 17.6 Å². The third-order valence-electron chi connectivity index (χ3n) is 5.01. The van der Waals surface area contributed by atoms with Gasteiger partial charge < -0.3 is 14.6 Å². The van der Waals surface area contributed by atoms with Gasteiger partial charge in [-0.2, -0.15) is 0 Å². The molecule has 0 radical (unpaired) electrons. The largest absolute Gasteiger partial charge is 0.382 e. The summed E-state index contributed by atoms with van der Waals surface area (Å²) in [5, 5.41) is 4.99. The summed E-state index contributed by atoms with van der Waals surface area (Å²) >= 11 is 0. The number of fused-ring (bicyclic) bond motifs is 1. The number of benzene rings is 1. The molecule has 2 fully saturated rings. The number of ether oxygens (including phenoxy) is 1. The maximum Gasteiger partial charge on any atom is 0.0553 e. The van der Waals surface area contributed by atoms with Gasteiger partial charge in [-0.3, -0.25) is 0 Å². The van der Waals surface area contributed by atoms with Gasteiger partial charge in [-0.05, 0) is 49.8 Å². The maximum atomic E-state index is 5.74. The number of anilines is 1. The third kappa shape index (κ3) is 1.92. The normalized spacial score (nSPS) is 32.7. The first kappa shape index (κ1) is 12.3. The second-order valence-corrected chi connectivity index (χ2v) is 6.78. The minimum absolute atomic E-state index is 0.454. The summed E-state index contributed by atoms with van der Waals surface area (Å²) < 4.78 is 7.92. The first-order chi connectivity index (χ1) is 9.63. The van der Waals surface area contributed by atoms with Crippen LogP contribution in [0.3, 0.4) is 0 Å². The van der Waals surface area contributed by atoms with Gasteiger partial charge in [0, 0.05) is 35.9 Å². The molecule has 1 atom stereocenters. The van der Waals surface area contributed by atoms with Gasteiger partial charge >= 0.3 is 0 Å². The summed E-state index contributed by atoms with van der Waals surface area (Å²) in [7, 11) is 2.10. The molecule has 1 aliphatic heterocycles. The van der Waals surface area contributed by atoms with Crippen molar-refractivity contribution in [3.63, 3.8) is 0 Å². The summed E-state index contributed by atoms with van der Waals surface area (Å²) in [5.41, 5.74) is 3.01. The first-order valence-electron chi connectivity index (χ1n) is 7.57. The molecule has 3 nitrogen and oxygen atoms in total. The lowest BCUT2D eigenvalue weighted by atomic mass is 9.64. The van der Waals surface area contributed by atoms with Gasteiger partial charge in [0.1, 0.15) is 0 Å². The van der Waals surface area contributed by atoms with E-state index in [4.69, 9.17) is 4.74 Å². The van der Waals surface area contributed by atoms with Crippen molar-refractivity contribution in [1.82, 2.24) is 4.57 Å². The van der Waals surface area contributed by atoms with Crippen molar-refractivity contribution < 1.29 is 4.74 Å². The topological polar surface area (TPSA) is 26.2 Å². The molecule has 1 aromatic carbocycles. The van der Waals surface area contributed by atoms with Crippen LogP contribution in [0.2, 0.25) is 0 Å². The van der Waals surface area contributed by atoms with Crippen LogP contribution in [0.25, 0.3) is 10.9 Å². The average molecular weight is 270 g/mol. The lowest BCUT2D eigenvalue weighted by Gasteiger charge is -2.45. The average Bonchev–Trinajstić information content (AvgIpc) is 2.94. The van der Waals surface area contributed by atoms with E-state index in [9.17, 15) is 0 Å². The zero-order chi connectivity index (χ0) is 13.7. The zero-order valence-electron chi connectivity index (χ0n) is 12.2. The van der Waals surface area contributed by atoms with Gasteiger partial charge in [-0.25, -0.2) is 0 Å². The highest BCUT2D eigenvalue weighted by atomic mass is 16.5. The van der Waals surface area contributed by atoms with Crippen molar-refractivity contribution in [2.75, 3.05) is 11.9 Å². The van der Waals surface area contributed by atoms with Crippen LogP contribution in [-0.2, 0) is 11.8 Å². The van der Waals surface area contributed by atoms with Crippen molar-refractivity contribution in [2.45, 2.75) is 38.3 Å². The van der Waals surface area contributed by atoms with Gasteiger partial charge in [0.05, 0.1) is 12.7 Å². The molecule has 1 spiro atoms. The molecule has 106 valence electrons. The van der Waals surface area contributed by atoms with E-state index in [0.717, 1.165) is 6.61 Å². The molecule has 20 heavy (non-hydrogen) atoms. The van der Waals surface area contributed by atoms with Crippen LogP contribution >= 0.6 is 0 Å². The van der Waals surface area contributed by atoms with Crippen LogP contribution in [0.15, 0.2) is 30.5 Å². The minimum Gasteiger partial charge on any atom is -0.382 e. The van der Waals surface area contributed by atoms with Crippen molar-refractivity contribution >= 4 is 16.6 Å². The van der Waals surface area contributed by atoms with E-state index < -0.39 is 0 Å². The number of nitrogens with zero attached hydrogens (tertiary/aromatic N) is 1. The fourth-order valence-corrected chi connectivity index (χ4v) is 4.01. The molecule has 2 heterocycles. The Bertz CT molecular complexity index is 639. The summed E-state index contributed by atoms with van der Waals surface area (Å²) in [6, 6.07) is 9.43. The smallest absolute Gasteiger partial charge is 0.0553 e. The Kier molecular flexibility index (Phi) is 2.61. The molecule has 1 unspecified atom stereocenters. The number of hydrogen-bond donors (Lipinski definition) is 1. The van der Waals surface area contributed by atoms with Crippen molar-refractivity contribution in [2.24, 2.45) is 12.5 Å². The summed E-state index contributed by atoms with van der Waals surface area (Å²) in [6.45, 7) is 3.15. The Balaban J connectivity index is 1.45. The summed E-state index contributed by atoms with van der Waals surface area (Å²) in [4.78, 5) is 0. The summed E-state index contributed by atoms with van der Waals surface area (Å²) in [5.74, 6) is 0. The van der Waals surface area contributed by atoms with Crippen LogP contribution in [0.1, 0.15) is 26.2 Å². The number of aromatic nitrogens is 1. The lowest BCUT2D eigenvalue weighted by Crippen LogP contribution is -2.45. The quantitative estimate of drug-likeness (QED) is 0.903. The van der Waals surface area contributed by atoms with E-state index in [1.54, 1.807) is 0 Å². The highest BCUT2D eigenvalue weighted by Crippen LogP contribution is 2.50. The molecule has 3 heteroatoms. The molecule has 1 aromatic heterocycles. The van der Waals surface area contributed by atoms with E-state index in [1.807, 2.05) is 0 Å². The van der Waals surface area contributed by atoms with E-state index >= 15 is 0 Å². The molecular formula is C17H22N2O. The molecule has 0 bridgehead atoms. The zero-order valence-corrected chi connectivity index (χ0v) is 12.2. The predicted octanol–water partition coefficient (Wildman–Crippen LogP) is 3.55. The number of aryl methyl sites for hydroxylation is 1. The molecule has 1 saturated heterocycles. The van der Waals surface area contributed by atoms with Gasteiger partial charge in [0.15, 0.2) is 0 Å². The second kappa shape index (κ2) is 4.26. The highest BCUT2D eigenvalue weighted by molar-refractivity contribution is 5.83. The van der Waals surface area contributed by atoms with Crippen LogP contribution < -0.4 is 5.32 Å². The minimum atomic E-state index is 0.454. The van der Waals surface area contributed by atoms with Gasteiger partial charge in [0.25, 0.3) is 0 Å². The van der Waals surface area contributed by atoms with Crippen molar-refractivity contribution in [3.05, 3.63) is 30.5 Å². The molecule has 2 aromatic rings. The first-order valence-corrected chi connectivity index (χ1v) is 7.57. The Morgan fingerprint density at radius 2 is 2.10 bits per heavy atom. The molecule has 4 rings (SSSR count). The van der Waals surface area contributed by atoms with Gasteiger partial charge in [-0.1, -0.05) is 6.07 Å². The Hall–Kier alpha value is -1.48. The van der Waals surface area contributed by atoms with E-state index in [2.05, 4.69) is 54.3 Å². The van der Waals surface area contributed by atoms with Crippen LogP contribution in [-0.4, -0.2) is 23.3 Å². The SMILES string of the molecule is CC1CC2(CO1)CC(Nc1ccc3ccn(C)c3c1)C2. The predicted molar refractivity (Wildman–Crippen MR) is 82.0 cm³/mol. The Morgan fingerprint density at radius 1 is 1.25 bits per heavy atom. The molecule has 2 aliphatic rings. The standard InChI is InChI=1S/C17H22N2O/c1-12-8-17(11-20-12)9-15(10-17)18-14-4-3-13-5-6-19(2)16(13)7-14/h3-7,12,15,18H,8-11H2,1-2H3. The molecule has 0 amide bonds. The molecule has 1 N–H and O–H groups in total. The Labute approximate surface area is 119 Å². The third-order valence-corrected chi connectivity index (χ3v) is 5.01. The van der Waals surface area contributed by atoms with Crippen LogP contribution in [0, 0.1) is 5.41 Å². The second-order valence-electron chi connectivity index (χ2n) is 6.78. The van der Waals surface area contributed by atoms with Crippen LogP contribution in [0.5, 0.6) is 0 Å². The highest BCUT2D eigenvalue weighted by Gasteiger charge is 2.48. The van der Waals surface area contributed by atoms with E-state index in [1.165, 1.54) is 35.9 Å². The van der Waals surface area contributed by atoms with E-state index in [-0.39, 0.29) is 0 Å². The fourth-order valence-electron chi connectivity index (χ4n) is 4.01. The monoisotopic (exact) mass is 270 g/mol. The van der Waals surface area contributed by atoms with Gasteiger partial charge in [-0.15, -0.1) is 0 Å². The Morgan fingerprint density at radius 3 is 2.85 bits per heavy atom. The molecule has 1 saturated carbocycles. The number of rotatable bonds is 2. The van der Waals surface area contributed by atoms with Crippen LogP contribution in [0.4, 0.5) is 5.69 Å². The lowest BCUT2D eigenvalue weighted by molar-refractivity contribution is 0.0669. The molecule has 1 aliphatic carbocycles. The number of nitrogens with one attached hydrogen (secondary N) is 1. The molecular weight excluding hydrogens is 248 g/mol. The fraction of sp³-hybridized carbons (Fsp3) is 0.529. The summed E-state index contributed by atoms with van der Waals surface area (Å²) in [6.07, 6.45) is 6.31. The van der Waals surface area contributed by atoms with Crippen molar-refractivity contribution in [3.8, 4) is 0 Å². The number of hydrogen-bond acceptors (Lipinski definition) is 2. The van der Waals surface area contributed by atoms with Gasteiger partial charge in [0.2, 0.25) is 0 Å². The van der Waals surface area contributed by atoms with Crippen molar-refractivity contribution in [1.29, 1.82) is 0 Å². The maximum absolute atomic E-state index is 5.74.